The van der Waals surface area contributed by atoms with Crippen LogP contribution in [-0.4, -0.2) is 27.5 Å². The summed E-state index contributed by atoms with van der Waals surface area (Å²) in [5, 5.41) is 14.5. The molecule has 1 saturated heterocycles. The largest absolute Gasteiger partial charge is 0.478 e. The first-order valence-electron chi connectivity index (χ1n) is 8.25. The second-order valence-corrected chi connectivity index (χ2v) is 6.18. The predicted octanol–water partition coefficient (Wildman–Crippen LogP) is 4.24. The number of carboxylic acids is 1. The Kier molecular flexibility index (Phi) is 3.97. The second-order valence-electron chi connectivity index (χ2n) is 6.18. The second kappa shape index (κ2) is 6.29. The lowest BCUT2D eigenvalue weighted by atomic mass is 10.00. The fraction of sp³-hybridized carbons (Fsp3) is 0.263. The van der Waals surface area contributed by atoms with Crippen LogP contribution in [0.2, 0.25) is 0 Å². The number of aromatic carboxylic acids is 1. The molecule has 1 aliphatic heterocycles. The van der Waals surface area contributed by atoms with E-state index in [-0.39, 0.29) is 17.6 Å². The number of carboxylic acid groups (broad SMARTS) is 1. The average Bonchev–Trinajstić information content (AvgIpc) is 3.06. The molecule has 0 bridgehead atoms. The SMILES string of the molecule is O=C(O)c1cc(-c2ccc(F)cc2)cc2c1cnn2C1CCCCO1. The third-order valence-electron chi connectivity index (χ3n) is 4.55. The molecule has 128 valence electrons. The van der Waals surface area contributed by atoms with Gasteiger partial charge in [0.15, 0.2) is 6.23 Å². The Hall–Kier alpha value is -2.73. The van der Waals surface area contributed by atoms with E-state index in [9.17, 15) is 14.3 Å². The van der Waals surface area contributed by atoms with E-state index in [0.717, 1.165) is 24.8 Å². The van der Waals surface area contributed by atoms with Gasteiger partial charge in [-0.15, -0.1) is 0 Å². The summed E-state index contributed by atoms with van der Waals surface area (Å²) in [5.41, 5.74) is 2.36. The number of aromatic nitrogens is 2. The minimum Gasteiger partial charge on any atom is -0.478 e. The third-order valence-corrected chi connectivity index (χ3v) is 4.55. The number of halogens is 1. The topological polar surface area (TPSA) is 64.3 Å². The van der Waals surface area contributed by atoms with Crippen LogP contribution >= 0.6 is 0 Å². The molecular formula is C19H17FN2O3. The van der Waals surface area contributed by atoms with E-state index in [1.165, 1.54) is 12.1 Å². The Labute approximate surface area is 143 Å². The van der Waals surface area contributed by atoms with Crippen LogP contribution in [0, 0.1) is 5.82 Å². The van der Waals surface area contributed by atoms with E-state index in [1.54, 1.807) is 29.1 Å². The van der Waals surface area contributed by atoms with Gasteiger partial charge in [-0.1, -0.05) is 12.1 Å². The van der Waals surface area contributed by atoms with Crippen molar-refractivity contribution >= 4 is 16.9 Å². The minimum atomic E-state index is -1.02. The summed E-state index contributed by atoms with van der Waals surface area (Å²) in [6, 6.07) is 9.49. The monoisotopic (exact) mass is 340 g/mol. The Morgan fingerprint density at radius 2 is 2.00 bits per heavy atom. The number of ether oxygens (including phenoxy) is 1. The zero-order chi connectivity index (χ0) is 17.4. The summed E-state index contributed by atoms with van der Waals surface area (Å²) in [6.45, 7) is 0.676. The zero-order valence-electron chi connectivity index (χ0n) is 13.5. The molecule has 1 fully saturated rings. The molecule has 2 heterocycles. The summed E-state index contributed by atoms with van der Waals surface area (Å²) >= 11 is 0. The van der Waals surface area contributed by atoms with E-state index in [0.29, 0.717) is 23.1 Å². The molecule has 25 heavy (non-hydrogen) atoms. The smallest absolute Gasteiger partial charge is 0.336 e. The number of rotatable bonds is 3. The molecule has 0 radical (unpaired) electrons. The van der Waals surface area contributed by atoms with Gasteiger partial charge in [-0.25, -0.2) is 13.9 Å². The van der Waals surface area contributed by atoms with Gasteiger partial charge in [0.2, 0.25) is 0 Å². The molecule has 1 atom stereocenters. The Morgan fingerprint density at radius 3 is 2.68 bits per heavy atom. The van der Waals surface area contributed by atoms with Crippen molar-refractivity contribution in [1.82, 2.24) is 9.78 Å². The van der Waals surface area contributed by atoms with Crippen molar-refractivity contribution in [2.24, 2.45) is 0 Å². The first kappa shape index (κ1) is 15.8. The van der Waals surface area contributed by atoms with Crippen LogP contribution in [0.4, 0.5) is 4.39 Å². The maximum absolute atomic E-state index is 13.2. The first-order chi connectivity index (χ1) is 12.1. The molecule has 4 rings (SSSR count). The predicted molar refractivity (Wildman–Crippen MR) is 90.9 cm³/mol. The van der Waals surface area contributed by atoms with E-state index < -0.39 is 5.97 Å². The van der Waals surface area contributed by atoms with Crippen molar-refractivity contribution in [3.05, 3.63) is 54.0 Å². The molecule has 2 aromatic carbocycles. The lowest BCUT2D eigenvalue weighted by Gasteiger charge is -2.23. The van der Waals surface area contributed by atoms with Crippen LogP contribution in [0.15, 0.2) is 42.6 Å². The average molecular weight is 340 g/mol. The van der Waals surface area contributed by atoms with Crippen LogP contribution in [0.25, 0.3) is 22.0 Å². The van der Waals surface area contributed by atoms with E-state index >= 15 is 0 Å². The fourth-order valence-electron chi connectivity index (χ4n) is 3.28. The van der Waals surface area contributed by atoms with Gasteiger partial charge in [0.25, 0.3) is 0 Å². The summed E-state index contributed by atoms with van der Waals surface area (Å²) in [7, 11) is 0. The lowest BCUT2D eigenvalue weighted by molar-refractivity contribution is -0.0366. The molecule has 0 spiro atoms. The molecule has 5 nitrogen and oxygen atoms in total. The number of carbonyl (C=O) groups is 1. The van der Waals surface area contributed by atoms with E-state index in [1.807, 2.05) is 6.07 Å². The molecule has 1 aromatic heterocycles. The van der Waals surface area contributed by atoms with Crippen molar-refractivity contribution in [1.29, 1.82) is 0 Å². The number of nitrogens with zero attached hydrogens (tertiary/aromatic N) is 2. The lowest BCUT2D eigenvalue weighted by Crippen LogP contribution is -2.19. The summed E-state index contributed by atoms with van der Waals surface area (Å²) in [6.07, 6.45) is 4.31. The van der Waals surface area contributed by atoms with Crippen LogP contribution < -0.4 is 0 Å². The van der Waals surface area contributed by atoms with Crippen molar-refractivity contribution < 1.29 is 19.0 Å². The van der Waals surface area contributed by atoms with Gasteiger partial charge in [-0.05, 0) is 54.7 Å². The first-order valence-corrected chi connectivity index (χ1v) is 8.25. The summed E-state index contributed by atoms with van der Waals surface area (Å²) in [4.78, 5) is 11.7. The quantitative estimate of drug-likeness (QED) is 0.774. The maximum Gasteiger partial charge on any atom is 0.336 e. The highest BCUT2D eigenvalue weighted by Crippen LogP contribution is 2.32. The van der Waals surface area contributed by atoms with Gasteiger partial charge >= 0.3 is 5.97 Å². The standard InChI is InChI=1S/C19H17FN2O3/c20-14-6-4-12(5-7-14)13-9-15(19(23)24)16-11-21-22(17(16)10-13)18-3-1-2-8-25-18/h4-7,9-11,18H,1-3,8H2,(H,23,24). The van der Waals surface area contributed by atoms with Crippen LogP contribution in [0.5, 0.6) is 0 Å². The number of benzene rings is 2. The highest BCUT2D eigenvalue weighted by Gasteiger charge is 2.21. The molecule has 1 aliphatic rings. The molecule has 1 unspecified atom stereocenters. The van der Waals surface area contributed by atoms with Crippen molar-refractivity contribution in [3.8, 4) is 11.1 Å². The Balaban J connectivity index is 1.89. The normalized spacial score (nSPS) is 17.7. The van der Waals surface area contributed by atoms with Gasteiger partial charge in [-0.2, -0.15) is 5.10 Å². The van der Waals surface area contributed by atoms with Gasteiger partial charge in [-0.3, -0.25) is 0 Å². The number of fused-ring (bicyclic) bond motifs is 1. The zero-order valence-corrected chi connectivity index (χ0v) is 13.5. The molecule has 3 aromatic rings. The van der Waals surface area contributed by atoms with Crippen LogP contribution in [0.1, 0.15) is 35.8 Å². The molecule has 0 saturated carbocycles. The number of hydrogen-bond donors (Lipinski definition) is 1. The summed E-state index contributed by atoms with van der Waals surface area (Å²) < 4.78 is 20.7. The van der Waals surface area contributed by atoms with Gasteiger partial charge in [0, 0.05) is 12.0 Å². The fourth-order valence-corrected chi connectivity index (χ4v) is 3.28. The Morgan fingerprint density at radius 1 is 1.20 bits per heavy atom. The van der Waals surface area contributed by atoms with Crippen molar-refractivity contribution in [2.75, 3.05) is 6.61 Å². The van der Waals surface area contributed by atoms with Crippen molar-refractivity contribution in [3.63, 3.8) is 0 Å². The van der Waals surface area contributed by atoms with E-state index in [2.05, 4.69) is 5.10 Å². The highest BCUT2D eigenvalue weighted by atomic mass is 19.1. The summed E-state index contributed by atoms with van der Waals surface area (Å²) in [5.74, 6) is -1.35. The van der Waals surface area contributed by atoms with Crippen LogP contribution in [-0.2, 0) is 4.74 Å². The van der Waals surface area contributed by atoms with Gasteiger partial charge in [0.1, 0.15) is 5.82 Å². The third kappa shape index (κ3) is 2.89. The molecule has 6 heteroatoms. The van der Waals surface area contributed by atoms with Gasteiger partial charge < -0.3 is 9.84 Å². The minimum absolute atomic E-state index is 0.180. The van der Waals surface area contributed by atoms with Crippen molar-refractivity contribution in [2.45, 2.75) is 25.5 Å². The van der Waals surface area contributed by atoms with E-state index in [4.69, 9.17) is 4.74 Å². The maximum atomic E-state index is 13.2. The molecule has 0 amide bonds. The molecule has 0 aliphatic carbocycles. The van der Waals surface area contributed by atoms with Gasteiger partial charge in [0.05, 0.1) is 17.3 Å². The Bertz CT molecular complexity index is 928. The van der Waals surface area contributed by atoms with Crippen LogP contribution in [0.3, 0.4) is 0 Å². The molecular weight excluding hydrogens is 323 g/mol. The molecule has 1 N–H and O–H groups in total. The highest BCUT2D eigenvalue weighted by molar-refractivity contribution is 6.04. The number of hydrogen-bond acceptors (Lipinski definition) is 3.